The number of hydrogen-bond acceptors (Lipinski definition) is 5. The molecule has 0 saturated carbocycles. The molecule has 0 aliphatic carbocycles. The van der Waals surface area contributed by atoms with Gasteiger partial charge in [-0.05, 0) is 42.5 Å². The lowest BCUT2D eigenvalue weighted by atomic mass is 10.1. The summed E-state index contributed by atoms with van der Waals surface area (Å²) in [5.74, 6) is 0.444. The predicted octanol–water partition coefficient (Wildman–Crippen LogP) is 0.915. The number of carbonyl (C=O) groups is 1. The van der Waals surface area contributed by atoms with Gasteiger partial charge in [-0.1, -0.05) is 13.0 Å². The molecule has 0 radical (unpaired) electrons. The molecule has 0 unspecified atom stereocenters. The Morgan fingerprint density at radius 3 is 2.62 bits per heavy atom. The number of carbonyl (C=O) groups excluding carboxylic acids is 1. The van der Waals surface area contributed by atoms with Crippen LogP contribution in [-0.4, -0.2) is 32.4 Å². The fraction of sp³-hybridized carbons (Fsp3) is 0.462. The second kappa shape index (κ2) is 7.79. The lowest BCUT2D eigenvalue weighted by Gasteiger charge is -2.13. The number of primary sulfonamides is 1. The van der Waals surface area contributed by atoms with Crippen LogP contribution in [0.25, 0.3) is 0 Å². The van der Waals surface area contributed by atoms with E-state index in [1.807, 2.05) is 13.2 Å². The van der Waals surface area contributed by atoms with Gasteiger partial charge in [0.1, 0.15) is 0 Å². The highest BCUT2D eigenvalue weighted by molar-refractivity contribution is 7.98. The topological polar surface area (TPSA) is 115 Å². The van der Waals surface area contributed by atoms with E-state index in [4.69, 9.17) is 10.9 Å². The molecular formula is C13H21N3O3S2. The quantitative estimate of drug-likeness (QED) is 0.687. The molecule has 5 N–H and O–H groups in total. The minimum absolute atomic E-state index is 0.0282. The Labute approximate surface area is 129 Å². The molecule has 8 heteroatoms. The zero-order valence-electron chi connectivity index (χ0n) is 12.1. The number of rotatable bonds is 7. The number of benzene rings is 1. The molecule has 0 bridgehead atoms. The van der Waals surface area contributed by atoms with Crippen molar-refractivity contribution in [1.82, 2.24) is 0 Å². The largest absolute Gasteiger partial charge is 0.325 e. The second-order valence-electron chi connectivity index (χ2n) is 4.60. The maximum atomic E-state index is 11.9. The van der Waals surface area contributed by atoms with Crippen molar-refractivity contribution >= 4 is 33.4 Å². The van der Waals surface area contributed by atoms with E-state index in [0.717, 1.165) is 5.75 Å². The summed E-state index contributed by atoms with van der Waals surface area (Å²) in [4.78, 5) is 11.9. The second-order valence-corrected chi connectivity index (χ2v) is 7.11. The van der Waals surface area contributed by atoms with E-state index < -0.39 is 16.1 Å². The van der Waals surface area contributed by atoms with E-state index in [1.54, 1.807) is 23.9 Å². The molecule has 0 saturated heterocycles. The average molecular weight is 331 g/mol. The fourth-order valence-corrected chi connectivity index (χ4v) is 3.16. The average Bonchev–Trinajstić information content (AvgIpc) is 2.43. The van der Waals surface area contributed by atoms with E-state index in [1.165, 1.54) is 6.07 Å². The molecule has 1 amide bonds. The van der Waals surface area contributed by atoms with Crippen LogP contribution >= 0.6 is 11.8 Å². The van der Waals surface area contributed by atoms with Crippen molar-refractivity contribution in [2.75, 3.05) is 17.3 Å². The first-order chi connectivity index (χ1) is 9.79. The van der Waals surface area contributed by atoms with Crippen LogP contribution in [0.3, 0.4) is 0 Å². The molecule has 1 rings (SSSR count). The first-order valence-electron chi connectivity index (χ1n) is 6.50. The Morgan fingerprint density at radius 2 is 2.10 bits per heavy atom. The SMILES string of the molecule is CCc1ccc(NC(=O)[C@@H](N)CCSC)cc1S(N)(=O)=O. The Kier molecular flexibility index (Phi) is 6.66. The van der Waals surface area contributed by atoms with Crippen LogP contribution in [-0.2, 0) is 21.2 Å². The molecule has 0 aliphatic heterocycles. The minimum atomic E-state index is -3.82. The van der Waals surface area contributed by atoms with E-state index in [-0.39, 0.29) is 10.8 Å². The van der Waals surface area contributed by atoms with E-state index in [2.05, 4.69) is 5.32 Å². The van der Waals surface area contributed by atoms with Gasteiger partial charge in [0, 0.05) is 5.69 Å². The van der Waals surface area contributed by atoms with Crippen molar-refractivity contribution in [3.8, 4) is 0 Å². The summed E-state index contributed by atoms with van der Waals surface area (Å²) in [7, 11) is -3.82. The molecule has 0 aromatic heterocycles. The summed E-state index contributed by atoms with van der Waals surface area (Å²) in [5, 5.41) is 7.81. The van der Waals surface area contributed by atoms with Gasteiger partial charge in [0.15, 0.2) is 0 Å². The molecule has 0 fully saturated rings. The van der Waals surface area contributed by atoms with Crippen LogP contribution < -0.4 is 16.2 Å². The first-order valence-corrected chi connectivity index (χ1v) is 9.44. The van der Waals surface area contributed by atoms with Gasteiger partial charge >= 0.3 is 0 Å². The number of aryl methyl sites for hydroxylation is 1. The van der Waals surface area contributed by atoms with Gasteiger partial charge in [0.05, 0.1) is 10.9 Å². The first kappa shape index (κ1) is 18.0. The van der Waals surface area contributed by atoms with Crippen LogP contribution in [0.4, 0.5) is 5.69 Å². The summed E-state index contributed by atoms with van der Waals surface area (Å²) in [6.07, 6.45) is 3.03. The third-order valence-electron chi connectivity index (χ3n) is 2.99. The van der Waals surface area contributed by atoms with Gasteiger partial charge in [0.2, 0.25) is 15.9 Å². The lowest BCUT2D eigenvalue weighted by molar-refractivity contribution is -0.117. The summed E-state index contributed by atoms with van der Waals surface area (Å²) < 4.78 is 23.1. The molecule has 0 aliphatic rings. The van der Waals surface area contributed by atoms with Crippen LogP contribution in [0.15, 0.2) is 23.1 Å². The fourth-order valence-electron chi connectivity index (χ4n) is 1.80. The minimum Gasteiger partial charge on any atom is -0.325 e. The van der Waals surface area contributed by atoms with Crippen molar-refractivity contribution in [3.05, 3.63) is 23.8 Å². The normalized spacial score (nSPS) is 13.0. The van der Waals surface area contributed by atoms with Gasteiger partial charge < -0.3 is 11.1 Å². The monoisotopic (exact) mass is 331 g/mol. The summed E-state index contributed by atoms with van der Waals surface area (Å²) in [5.41, 5.74) is 6.75. The van der Waals surface area contributed by atoms with Gasteiger partial charge in [-0.3, -0.25) is 4.79 Å². The van der Waals surface area contributed by atoms with Crippen LogP contribution in [0.5, 0.6) is 0 Å². The molecule has 6 nitrogen and oxygen atoms in total. The standard InChI is InChI=1S/C13H21N3O3S2/c1-3-9-4-5-10(8-12(9)21(15,18)19)16-13(17)11(14)6-7-20-2/h4-5,8,11H,3,6-7,14H2,1-2H3,(H,16,17)(H2,15,18,19)/t11-/m0/s1. The Hall–Kier alpha value is -1.09. The number of hydrogen-bond donors (Lipinski definition) is 3. The van der Waals surface area contributed by atoms with Gasteiger partial charge in [-0.15, -0.1) is 0 Å². The predicted molar refractivity (Wildman–Crippen MR) is 86.8 cm³/mol. The van der Waals surface area contributed by atoms with Crippen molar-refractivity contribution < 1.29 is 13.2 Å². The molecule has 0 spiro atoms. The van der Waals surface area contributed by atoms with E-state index in [0.29, 0.717) is 24.1 Å². The molecule has 1 atom stereocenters. The van der Waals surface area contributed by atoms with Crippen LogP contribution in [0.2, 0.25) is 0 Å². The molecule has 21 heavy (non-hydrogen) atoms. The third-order valence-corrected chi connectivity index (χ3v) is 4.63. The zero-order valence-corrected chi connectivity index (χ0v) is 13.8. The Balaban J connectivity index is 2.93. The smallest absolute Gasteiger partial charge is 0.241 e. The Morgan fingerprint density at radius 1 is 1.43 bits per heavy atom. The highest BCUT2D eigenvalue weighted by Gasteiger charge is 2.17. The maximum Gasteiger partial charge on any atom is 0.241 e. The van der Waals surface area contributed by atoms with Gasteiger partial charge in [-0.2, -0.15) is 11.8 Å². The summed E-state index contributed by atoms with van der Waals surface area (Å²) in [6, 6.07) is 4.03. The maximum absolute atomic E-state index is 11.9. The number of thioether (sulfide) groups is 1. The number of nitrogens with one attached hydrogen (secondary N) is 1. The van der Waals surface area contributed by atoms with Gasteiger partial charge in [0.25, 0.3) is 0 Å². The molecule has 1 aromatic carbocycles. The lowest BCUT2D eigenvalue weighted by Crippen LogP contribution is -2.36. The van der Waals surface area contributed by atoms with Crippen LogP contribution in [0, 0.1) is 0 Å². The number of nitrogens with two attached hydrogens (primary N) is 2. The third kappa shape index (κ3) is 5.31. The van der Waals surface area contributed by atoms with Gasteiger partial charge in [-0.25, -0.2) is 13.6 Å². The van der Waals surface area contributed by atoms with Crippen molar-refractivity contribution in [3.63, 3.8) is 0 Å². The highest BCUT2D eigenvalue weighted by Crippen LogP contribution is 2.20. The summed E-state index contributed by atoms with van der Waals surface area (Å²) in [6.45, 7) is 1.83. The number of amides is 1. The van der Waals surface area contributed by atoms with E-state index >= 15 is 0 Å². The highest BCUT2D eigenvalue weighted by atomic mass is 32.2. The molecule has 118 valence electrons. The van der Waals surface area contributed by atoms with Crippen molar-refractivity contribution in [1.29, 1.82) is 0 Å². The zero-order chi connectivity index (χ0) is 16.0. The molecular weight excluding hydrogens is 310 g/mol. The number of anilines is 1. The Bertz CT molecular complexity index is 603. The van der Waals surface area contributed by atoms with Crippen LogP contribution in [0.1, 0.15) is 18.9 Å². The number of sulfonamides is 1. The summed E-state index contributed by atoms with van der Waals surface area (Å²) >= 11 is 1.61. The molecule has 1 aromatic rings. The van der Waals surface area contributed by atoms with E-state index in [9.17, 15) is 13.2 Å². The van der Waals surface area contributed by atoms with Crippen molar-refractivity contribution in [2.45, 2.75) is 30.7 Å². The van der Waals surface area contributed by atoms with Crippen molar-refractivity contribution in [2.24, 2.45) is 10.9 Å². The molecule has 0 heterocycles.